The van der Waals surface area contributed by atoms with E-state index in [0.29, 0.717) is 5.01 Å². The summed E-state index contributed by atoms with van der Waals surface area (Å²) in [6.07, 6.45) is 0. The molecule has 0 amide bonds. The zero-order chi connectivity index (χ0) is 19.6. The molecule has 7 heteroatoms. The molecule has 0 bridgehead atoms. The Morgan fingerprint density at radius 3 is 2.00 bits per heavy atom. The molecule has 1 aliphatic rings. The van der Waals surface area contributed by atoms with E-state index in [1.54, 1.807) is 12.1 Å². The minimum absolute atomic E-state index is 0.0100. The van der Waals surface area contributed by atoms with Crippen molar-refractivity contribution in [3.63, 3.8) is 0 Å². The van der Waals surface area contributed by atoms with E-state index in [9.17, 15) is 19.8 Å². The highest BCUT2D eigenvalue weighted by atomic mass is 32.1. The van der Waals surface area contributed by atoms with Gasteiger partial charge in [-0.1, -0.05) is 36.4 Å². The number of nitrogens with zero attached hydrogens (tertiary/aromatic N) is 1. The van der Waals surface area contributed by atoms with Crippen molar-refractivity contribution < 1.29 is 19.8 Å². The molecule has 4 aromatic rings. The van der Waals surface area contributed by atoms with Crippen molar-refractivity contribution in [2.75, 3.05) is 0 Å². The van der Waals surface area contributed by atoms with Crippen LogP contribution in [0.4, 0.5) is 0 Å². The first-order valence-electron chi connectivity index (χ1n) is 8.34. The lowest BCUT2D eigenvalue weighted by molar-refractivity contribution is 0.0974. The van der Waals surface area contributed by atoms with Crippen LogP contribution in [0.1, 0.15) is 31.8 Å². The summed E-state index contributed by atoms with van der Waals surface area (Å²) in [6.45, 7) is 0. The van der Waals surface area contributed by atoms with Crippen LogP contribution in [0.5, 0.6) is 11.5 Å². The fourth-order valence-corrected chi connectivity index (χ4v) is 4.90. The number of aromatic nitrogens is 1. The summed E-state index contributed by atoms with van der Waals surface area (Å²) in [5, 5.41) is 22.1. The minimum atomic E-state index is -0.524. The van der Waals surface area contributed by atoms with Crippen molar-refractivity contribution in [2.45, 2.75) is 4.90 Å². The number of phenolic OH excluding ortho intramolecular Hbond substituents is 2. The number of thiazole rings is 1. The maximum absolute atomic E-state index is 13.0. The summed E-state index contributed by atoms with van der Waals surface area (Å²) in [6, 6.07) is 13.8. The second kappa shape index (κ2) is 5.92. The van der Waals surface area contributed by atoms with Gasteiger partial charge < -0.3 is 10.2 Å². The third-order valence-electron chi connectivity index (χ3n) is 4.80. The SMILES string of the molecule is O=C1c2ccccc2C(=O)c2c(O)c(-c3nc4ccccc4s3)c(S)c(O)c21. The summed E-state index contributed by atoms with van der Waals surface area (Å²) in [5.41, 5.74) is 0.803. The number of carbonyl (C=O) groups excluding carboxylic acids is 2. The maximum Gasteiger partial charge on any atom is 0.198 e. The van der Waals surface area contributed by atoms with Crippen LogP contribution in [0.15, 0.2) is 53.4 Å². The number of phenols is 2. The molecule has 0 atom stereocenters. The summed E-state index contributed by atoms with van der Waals surface area (Å²) in [5.74, 6) is -1.87. The van der Waals surface area contributed by atoms with Crippen molar-refractivity contribution in [2.24, 2.45) is 0 Å². The number of benzene rings is 3. The van der Waals surface area contributed by atoms with Crippen LogP contribution in [-0.4, -0.2) is 26.8 Å². The molecule has 0 spiro atoms. The molecule has 0 unspecified atom stereocenters. The molecule has 5 nitrogen and oxygen atoms in total. The largest absolute Gasteiger partial charge is 0.506 e. The second-order valence-corrected chi connectivity index (χ2v) is 7.84. The highest BCUT2D eigenvalue weighted by molar-refractivity contribution is 7.80. The predicted octanol–water partition coefficient (Wildman–Crippen LogP) is 4.44. The Balaban J connectivity index is 1.84. The van der Waals surface area contributed by atoms with Gasteiger partial charge in [-0.3, -0.25) is 9.59 Å². The minimum Gasteiger partial charge on any atom is -0.506 e. The quantitative estimate of drug-likeness (QED) is 0.284. The van der Waals surface area contributed by atoms with Crippen molar-refractivity contribution >= 4 is 45.7 Å². The first kappa shape index (κ1) is 17.0. The van der Waals surface area contributed by atoms with Gasteiger partial charge in [-0.25, -0.2) is 4.98 Å². The topological polar surface area (TPSA) is 87.5 Å². The third kappa shape index (κ3) is 2.17. The number of rotatable bonds is 1. The summed E-state index contributed by atoms with van der Waals surface area (Å²) in [4.78, 5) is 30.4. The molecule has 0 fully saturated rings. The van der Waals surface area contributed by atoms with Gasteiger partial charge in [0.2, 0.25) is 0 Å². The summed E-state index contributed by atoms with van der Waals surface area (Å²) in [7, 11) is 0. The Labute approximate surface area is 168 Å². The zero-order valence-electron chi connectivity index (χ0n) is 14.1. The first-order valence-corrected chi connectivity index (χ1v) is 9.60. The van der Waals surface area contributed by atoms with Crippen LogP contribution >= 0.6 is 24.0 Å². The van der Waals surface area contributed by atoms with Gasteiger partial charge in [0.15, 0.2) is 11.6 Å². The van der Waals surface area contributed by atoms with Crippen LogP contribution in [-0.2, 0) is 0 Å². The standard InChI is InChI=1S/C21H11NO4S2/c23-16-9-5-1-2-6-10(9)17(24)14-13(16)18(25)15(20(27)19(14)26)21-22-11-7-3-4-8-12(11)28-21/h1-8,25-27H. The van der Waals surface area contributed by atoms with E-state index in [2.05, 4.69) is 17.6 Å². The summed E-state index contributed by atoms with van der Waals surface area (Å²) >= 11 is 5.64. The van der Waals surface area contributed by atoms with Crippen LogP contribution < -0.4 is 0 Å². The Bertz CT molecular complexity index is 1310. The molecule has 2 N–H and O–H groups in total. The smallest absolute Gasteiger partial charge is 0.198 e. The number of fused-ring (bicyclic) bond motifs is 3. The number of thiol groups is 1. The Morgan fingerprint density at radius 2 is 1.36 bits per heavy atom. The van der Waals surface area contributed by atoms with Gasteiger partial charge in [0.1, 0.15) is 16.5 Å². The lowest BCUT2D eigenvalue weighted by Crippen LogP contribution is -2.21. The molecule has 1 heterocycles. The molecular formula is C21H11NO4S2. The fourth-order valence-electron chi connectivity index (χ4n) is 3.48. The van der Waals surface area contributed by atoms with Crippen molar-refractivity contribution in [1.29, 1.82) is 0 Å². The molecule has 0 saturated carbocycles. The third-order valence-corrected chi connectivity index (χ3v) is 6.29. The number of aromatic hydroxyl groups is 2. The van der Waals surface area contributed by atoms with Crippen LogP contribution in [0.2, 0.25) is 0 Å². The number of hydrogen-bond acceptors (Lipinski definition) is 7. The molecule has 28 heavy (non-hydrogen) atoms. The Morgan fingerprint density at radius 1 is 0.786 bits per heavy atom. The summed E-state index contributed by atoms with van der Waals surface area (Å²) < 4.78 is 0.884. The zero-order valence-corrected chi connectivity index (χ0v) is 15.8. The van der Waals surface area contributed by atoms with E-state index in [1.807, 2.05) is 24.3 Å². The lowest BCUT2D eigenvalue weighted by Gasteiger charge is -2.22. The molecule has 1 aromatic heterocycles. The molecule has 3 aromatic carbocycles. The highest BCUT2D eigenvalue weighted by Crippen LogP contribution is 2.49. The fraction of sp³-hybridized carbons (Fsp3) is 0. The van der Waals surface area contributed by atoms with Gasteiger partial charge >= 0.3 is 0 Å². The predicted molar refractivity (Wildman–Crippen MR) is 109 cm³/mol. The van der Waals surface area contributed by atoms with Gasteiger partial charge in [0.25, 0.3) is 0 Å². The maximum atomic E-state index is 13.0. The number of para-hydroxylation sites is 1. The van der Waals surface area contributed by atoms with Crippen LogP contribution in [0.25, 0.3) is 20.8 Å². The number of hydrogen-bond donors (Lipinski definition) is 3. The van der Waals surface area contributed by atoms with Gasteiger partial charge in [-0.15, -0.1) is 24.0 Å². The van der Waals surface area contributed by atoms with Crippen molar-refractivity contribution in [3.05, 3.63) is 70.8 Å². The lowest BCUT2D eigenvalue weighted by atomic mass is 9.82. The normalized spacial score (nSPS) is 12.9. The molecule has 5 rings (SSSR count). The average Bonchev–Trinajstić information content (AvgIpc) is 3.12. The van der Waals surface area contributed by atoms with E-state index in [1.165, 1.54) is 23.5 Å². The average molecular weight is 405 g/mol. The van der Waals surface area contributed by atoms with Gasteiger partial charge in [0, 0.05) is 11.1 Å². The monoisotopic (exact) mass is 405 g/mol. The van der Waals surface area contributed by atoms with E-state index in [4.69, 9.17) is 0 Å². The van der Waals surface area contributed by atoms with E-state index >= 15 is 0 Å². The Kier molecular flexibility index (Phi) is 3.59. The second-order valence-electron chi connectivity index (χ2n) is 6.36. The van der Waals surface area contributed by atoms with Crippen LogP contribution in [0.3, 0.4) is 0 Å². The molecule has 0 saturated heterocycles. The number of carbonyl (C=O) groups is 2. The van der Waals surface area contributed by atoms with Gasteiger partial charge in [-0.2, -0.15) is 0 Å². The molecule has 0 radical (unpaired) electrons. The van der Waals surface area contributed by atoms with Crippen LogP contribution in [0, 0.1) is 0 Å². The van der Waals surface area contributed by atoms with Crippen molar-refractivity contribution in [3.8, 4) is 22.1 Å². The van der Waals surface area contributed by atoms with Gasteiger partial charge in [0.05, 0.1) is 31.8 Å². The van der Waals surface area contributed by atoms with Crippen molar-refractivity contribution in [1.82, 2.24) is 4.98 Å². The van der Waals surface area contributed by atoms with E-state index in [0.717, 1.165) is 10.2 Å². The molecule has 136 valence electrons. The number of ketones is 2. The first-order chi connectivity index (χ1) is 13.5. The van der Waals surface area contributed by atoms with E-state index in [-0.39, 0.29) is 32.7 Å². The van der Waals surface area contributed by atoms with Gasteiger partial charge in [-0.05, 0) is 12.1 Å². The molecule has 0 aliphatic heterocycles. The van der Waals surface area contributed by atoms with E-state index < -0.39 is 23.1 Å². The highest BCUT2D eigenvalue weighted by Gasteiger charge is 2.37. The Hall–Kier alpha value is -3.16. The molecule has 1 aliphatic carbocycles. The molecular weight excluding hydrogens is 394 g/mol.